The normalized spacial score (nSPS) is 10.8. The largest absolute Gasteiger partial charge is 0.311 e. The Labute approximate surface area is 104 Å². The first kappa shape index (κ1) is 11.8. The molecular weight excluding hydrogens is 236 g/mol. The van der Waals surface area contributed by atoms with Crippen LogP contribution in [0.2, 0.25) is 0 Å². The minimum atomic E-state index is 0.946. The molecule has 0 radical (unpaired) electrons. The molecule has 0 aromatic carbocycles. The molecule has 0 unspecified atom stereocenters. The Balaban J connectivity index is 1.68. The monoisotopic (exact) mass is 252 g/mol. The summed E-state index contributed by atoms with van der Waals surface area (Å²) < 4.78 is 0. The number of thiazole rings is 1. The average molecular weight is 252 g/mol. The number of nitrogens with zero attached hydrogens (tertiary/aromatic N) is 1. The molecule has 0 saturated carbocycles. The molecule has 0 saturated heterocycles. The lowest BCUT2D eigenvalue weighted by molar-refractivity contribution is 0.693. The van der Waals surface area contributed by atoms with E-state index in [0.29, 0.717) is 0 Å². The van der Waals surface area contributed by atoms with Crippen LogP contribution < -0.4 is 5.32 Å². The maximum atomic E-state index is 4.34. The third-order valence-corrected chi connectivity index (χ3v) is 4.25. The lowest BCUT2D eigenvalue weighted by Crippen LogP contribution is -2.15. The third kappa shape index (κ3) is 3.40. The number of thiophene rings is 1. The molecule has 16 heavy (non-hydrogen) atoms. The minimum Gasteiger partial charge on any atom is -0.311 e. The first-order valence-corrected chi connectivity index (χ1v) is 7.29. The Morgan fingerprint density at radius 3 is 3.06 bits per heavy atom. The van der Waals surface area contributed by atoms with Gasteiger partial charge in [-0.2, -0.15) is 11.3 Å². The number of aromatic nitrogens is 1. The van der Waals surface area contributed by atoms with Gasteiger partial charge in [0.25, 0.3) is 0 Å². The average Bonchev–Trinajstić information content (AvgIpc) is 2.95. The van der Waals surface area contributed by atoms with E-state index in [2.05, 4.69) is 34.1 Å². The summed E-state index contributed by atoms with van der Waals surface area (Å²) in [6.07, 6.45) is 4.14. The van der Waals surface area contributed by atoms with E-state index in [1.807, 2.05) is 17.5 Å². The van der Waals surface area contributed by atoms with Gasteiger partial charge in [0.2, 0.25) is 0 Å². The van der Waals surface area contributed by atoms with Crippen molar-refractivity contribution in [2.75, 3.05) is 6.54 Å². The molecule has 0 aliphatic rings. The van der Waals surface area contributed by atoms with E-state index >= 15 is 0 Å². The number of hydrogen-bond donors (Lipinski definition) is 1. The van der Waals surface area contributed by atoms with Crippen LogP contribution >= 0.6 is 22.7 Å². The number of aryl methyl sites for hydroxylation is 1. The van der Waals surface area contributed by atoms with Crippen molar-refractivity contribution in [3.63, 3.8) is 0 Å². The van der Waals surface area contributed by atoms with Crippen LogP contribution in [-0.4, -0.2) is 11.5 Å². The molecule has 0 aliphatic carbocycles. The molecule has 86 valence electrons. The van der Waals surface area contributed by atoms with Gasteiger partial charge in [0.05, 0.1) is 5.01 Å². The minimum absolute atomic E-state index is 0.946. The molecule has 0 atom stereocenters. The van der Waals surface area contributed by atoms with Crippen molar-refractivity contribution in [2.24, 2.45) is 0 Å². The zero-order chi connectivity index (χ0) is 11.2. The van der Waals surface area contributed by atoms with Crippen LogP contribution in [-0.2, 0) is 19.4 Å². The third-order valence-electron chi connectivity index (χ3n) is 2.37. The second kappa shape index (κ2) is 6.13. The van der Waals surface area contributed by atoms with Crippen molar-refractivity contribution in [2.45, 2.75) is 26.3 Å². The maximum Gasteiger partial charge on any atom is 0.0925 e. The number of rotatable bonds is 6. The molecule has 2 aromatic rings. The predicted molar refractivity (Wildman–Crippen MR) is 71.2 cm³/mol. The Bertz CT molecular complexity index is 406. The highest BCUT2D eigenvalue weighted by Gasteiger charge is 1.99. The van der Waals surface area contributed by atoms with Crippen molar-refractivity contribution in [1.82, 2.24) is 10.3 Å². The standard InChI is InChI=1S/C12H16N2S2/c1-2-12-14-8-11(16-12)7-13-5-3-10-4-6-15-9-10/h4,6,8-9,13H,2-3,5,7H2,1H3. The first-order chi connectivity index (χ1) is 7.88. The predicted octanol–water partition coefficient (Wildman–Crippen LogP) is 3.10. The summed E-state index contributed by atoms with van der Waals surface area (Å²) in [5, 5.41) is 9.03. The van der Waals surface area contributed by atoms with Gasteiger partial charge in [0.15, 0.2) is 0 Å². The van der Waals surface area contributed by atoms with Gasteiger partial charge in [0.1, 0.15) is 0 Å². The van der Waals surface area contributed by atoms with Gasteiger partial charge in [-0.1, -0.05) is 6.92 Å². The fourth-order valence-electron chi connectivity index (χ4n) is 1.47. The summed E-state index contributed by atoms with van der Waals surface area (Å²) >= 11 is 3.57. The Morgan fingerprint density at radius 2 is 2.38 bits per heavy atom. The second-order valence-corrected chi connectivity index (χ2v) is 5.61. The van der Waals surface area contributed by atoms with Gasteiger partial charge in [-0.15, -0.1) is 11.3 Å². The SMILES string of the molecule is CCc1ncc(CNCCc2ccsc2)s1. The summed E-state index contributed by atoms with van der Waals surface area (Å²) in [6.45, 7) is 4.13. The van der Waals surface area contributed by atoms with Crippen molar-refractivity contribution < 1.29 is 0 Å². The molecule has 0 spiro atoms. The van der Waals surface area contributed by atoms with Gasteiger partial charge in [0, 0.05) is 17.6 Å². The van der Waals surface area contributed by atoms with Crippen LogP contribution in [0.15, 0.2) is 23.0 Å². The van der Waals surface area contributed by atoms with E-state index in [1.54, 1.807) is 11.3 Å². The Kier molecular flexibility index (Phi) is 4.51. The summed E-state index contributed by atoms with van der Waals surface area (Å²) in [4.78, 5) is 5.68. The van der Waals surface area contributed by atoms with Crippen LogP contribution in [0.5, 0.6) is 0 Å². The van der Waals surface area contributed by atoms with Crippen molar-refractivity contribution >= 4 is 22.7 Å². The van der Waals surface area contributed by atoms with Gasteiger partial charge in [-0.25, -0.2) is 4.98 Å². The molecule has 0 aliphatic heterocycles. The van der Waals surface area contributed by atoms with Crippen LogP contribution in [0.1, 0.15) is 22.4 Å². The molecule has 1 N–H and O–H groups in total. The summed E-state index contributed by atoms with van der Waals surface area (Å²) in [7, 11) is 0. The molecule has 0 fully saturated rings. The van der Waals surface area contributed by atoms with E-state index in [-0.39, 0.29) is 0 Å². The van der Waals surface area contributed by atoms with Crippen molar-refractivity contribution in [3.05, 3.63) is 38.5 Å². The molecule has 2 nitrogen and oxygen atoms in total. The molecule has 2 heterocycles. The molecule has 4 heteroatoms. The smallest absolute Gasteiger partial charge is 0.0925 e. The zero-order valence-corrected chi connectivity index (χ0v) is 11.0. The van der Waals surface area contributed by atoms with Crippen molar-refractivity contribution in [3.8, 4) is 0 Å². The van der Waals surface area contributed by atoms with Crippen LogP contribution in [0.25, 0.3) is 0 Å². The maximum absolute atomic E-state index is 4.34. The first-order valence-electron chi connectivity index (χ1n) is 5.54. The lowest BCUT2D eigenvalue weighted by atomic mass is 10.2. The van der Waals surface area contributed by atoms with E-state index in [9.17, 15) is 0 Å². The Hall–Kier alpha value is -0.710. The highest BCUT2D eigenvalue weighted by molar-refractivity contribution is 7.11. The zero-order valence-electron chi connectivity index (χ0n) is 9.40. The quantitative estimate of drug-likeness (QED) is 0.799. The highest BCUT2D eigenvalue weighted by Crippen LogP contribution is 2.12. The second-order valence-electron chi connectivity index (χ2n) is 3.63. The van der Waals surface area contributed by atoms with Gasteiger partial charge in [-0.05, 0) is 41.8 Å². The van der Waals surface area contributed by atoms with Crippen molar-refractivity contribution in [1.29, 1.82) is 0 Å². The molecule has 0 bridgehead atoms. The Morgan fingerprint density at radius 1 is 1.44 bits per heavy atom. The van der Waals surface area contributed by atoms with Gasteiger partial charge in [-0.3, -0.25) is 0 Å². The van der Waals surface area contributed by atoms with Gasteiger partial charge < -0.3 is 5.32 Å². The highest BCUT2D eigenvalue weighted by atomic mass is 32.1. The van der Waals surface area contributed by atoms with Crippen LogP contribution in [0.4, 0.5) is 0 Å². The van der Waals surface area contributed by atoms with E-state index < -0.39 is 0 Å². The lowest BCUT2D eigenvalue weighted by Gasteiger charge is -2.00. The summed E-state index contributed by atoms with van der Waals surface area (Å²) in [6, 6.07) is 2.19. The molecule has 0 amide bonds. The summed E-state index contributed by atoms with van der Waals surface area (Å²) in [5.41, 5.74) is 1.43. The summed E-state index contributed by atoms with van der Waals surface area (Å²) in [5.74, 6) is 0. The molecular formula is C12H16N2S2. The molecule has 2 aromatic heterocycles. The fraction of sp³-hybridized carbons (Fsp3) is 0.417. The van der Waals surface area contributed by atoms with Crippen LogP contribution in [0, 0.1) is 0 Å². The number of nitrogens with one attached hydrogen (secondary N) is 1. The van der Waals surface area contributed by atoms with E-state index in [4.69, 9.17) is 0 Å². The van der Waals surface area contributed by atoms with E-state index in [0.717, 1.165) is 25.9 Å². The topological polar surface area (TPSA) is 24.9 Å². The fourth-order valence-corrected chi connectivity index (χ4v) is 3.01. The van der Waals surface area contributed by atoms with Crippen LogP contribution in [0.3, 0.4) is 0 Å². The van der Waals surface area contributed by atoms with Gasteiger partial charge >= 0.3 is 0 Å². The molecule has 2 rings (SSSR count). The van der Waals surface area contributed by atoms with E-state index in [1.165, 1.54) is 15.4 Å². The number of hydrogen-bond acceptors (Lipinski definition) is 4.